The molecule has 0 aromatic heterocycles. The third kappa shape index (κ3) is 5.77. The number of hydrogen-bond acceptors (Lipinski definition) is 5. The standard InChI is InChI=1S/C21H24N2O5/c1-14(24)23-17-7-5-6-16(10-17)13-22-20(25)9-8-15-11-18(26-2)21(28-4)19(12-15)27-3/h5-12H,13H2,1-4H3,(H,22,25)(H,23,24)/b9-8+. The van der Waals surface area contributed by atoms with Gasteiger partial charge in [-0.15, -0.1) is 0 Å². The fraction of sp³-hybridized carbons (Fsp3) is 0.238. The van der Waals surface area contributed by atoms with Crippen molar-refractivity contribution in [2.24, 2.45) is 0 Å². The van der Waals surface area contributed by atoms with Crippen LogP contribution in [0.25, 0.3) is 6.08 Å². The van der Waals surface area contributed by atoms with E-state index in [9.17, 15) is 9.59 Å². The molecule has 7 heteroatoms. The molecule has 2 N–H and O–H groups in total. The van der Waals surface area contributed by atoms with E-state index in [1.807, 2.05) is 18.2 Å². The number of hydrogen-bond donors (Lipinski definition) is 2. The van der Waals surface area contributed by atoms with Crippen molar-refractivity contribution >= 4 is 23.6 Å². The van der Waals surface area contributed by atoms with Gasteiger partial charge >= 0.3 is 0 Å². The molecule has 0 unspecified atom stereocenters. The molecule has 7 nitrogen and oxygen atoms in total. The largest absolute Gasteiger partial charge is 0.493 e. The Bertz CT molecular complexity index is 852. The van der Waals surface area contributed by atoms with Crippen LogP contribution in [0.15, 0.2) is 42.5 Å². The third-order valence-electron chi connectivity index (χ3n) is 3.83. The van der Waals surface area contributed by atoms with Crippen LogP contribution in [-0.2, 0) is 16.1 Å². The van der Waals surface area contributed by atoms with Gasteiger partial charge in [-0.1, -0.05) is 12.1 Å². The zero-order valence-electron chi connectivity index (χ0n) is 16.4. The highest BCUT2D eigenvalue weighted by Gasteiger charge is 2.12. The van der Waals surface area contributed by atoms with Gasteiger partial charge in [0.15, 0.2) is 11.5 Å². The smallest absolute Gasteiger partial charge is 0.244 e. The van der Waals surface area contributed by atoms with Gasteiger partial charge in [-0.25, -0.2) is 0 Å². The van der Waals surface area contributed by atoms with E-state index in [2.05, 4.69) is 10.6 Å². The minimum Gasteiger partial charge on any atom is -0.493 e. The topological polar surface area (TPSA) is 85.9 Å². The van der Waals surface area contributed by atoms with Gasteiger partial charge in [0.2, 0.25) is 17.6 Å². The monoisotopic (exact) mass is 384 g/mol. The van der Waals surface area contributed by atoms with Crippen LogP contribution in [0.4, 0.5) is 5.69 Å². The van der Waals surface area contributed by atoms with Gasteiger partial charge < -0.3 is 24.8 Å². The maximum atomic E-state index is 12.1. The molecule has 0 aliphatic heterocycles. The maximum absolute atomic E-state index is 12.1. The van der Waals surface area contributed by atoms with E-state index in [-0.39, 0.29) is 11.8 Å². The fourth-order valence-corrected chi connectivity index (χ4v) is 2.58. The summed E-state index contributed by atoms with van der Waals surface area (Å²) in [5, 5.41) is 5.51. The van der Waals surface area contributed by atoms with Crippen LogP contribution in [0, 0.1) is 0 Å². The summed E-state index contributed by atoms with van der Waals surface area (Å²) in [5.41, 5.74) is 2.30. The van der Waals surface area contributed by atoms with Crippen molar-refractivity contribution in [3.63, 3.8) is 0 Å². The SMILES string of the molecule is COc1cc(/C=C/C(=O)NCc2cccc(NC(C)=O)c2)cc(OC)c1OC. The number of methoxy groups -OCH3 is 3. The average Bonchev–Trinajstić information content (AvgIpc) is 2.69. The van der Waals surface area contributed by atoms with Crippen LogP contribution < -0.4 is 24.8 Å². The second kappa shape index (κ2) is 10.0. The highest BCUT2D eigenvalue weighted by atomic mass is 16.5. The predicted molar refractivity (Wildman–Crippen MR) is 108 cm³/mol. The van der Waals surface area contributed by atoms with Crippen LogP contribution in [0.3, 0.4) is 0 Å². The summed E-state index contributed by atoms with van der Waals surface area (Å²) in [6.45, 7) is 1.79. The van der Waals surface area contributed by atoms with Crippen LogP contribution in [-0.4, -0.2) is 33.1 Å². The van der Waals surface area contributed by atoms with E-state index in [4.69, 9.17) is 14.2 Å². The van der Waals surface area contributed by atoms with Gasteiger partial charge in [-0.3, -0.25) is 9.59 Å². The molecule has 148 valence electrons. The maximum Gasteiger partial charge on any atom is 0.244 e. The Morgan fingerprint density at radius 2 is 1.68 bits per heavy atom. The van der Waals surface area contributed by atoms with Crippen molar-refractivity contribution in [3.8, 4) is 17.2 Å². The van der Waals surface area contributed by atoms with E-state index >= 15 is 0 Å². The molecular weight excluding hydrogens is 360 g/mol. The Labute approximate surface area is 164 Å². The van der Waals surface area contributed by atoms with Gasteiger partial charge in [0.25, 0.3) is 0 Å². The van der Waals surface area contributed by atoms with Crippen LogP contribution in [0.5, 0.6) is 17.2 Å². The molecule has 28 heavy (non-hydrogen) atoms. The molecule has 0 fully saturated rings. The Balaban J connectivity index is 2.03. The van der Waals surface area contributed by atoms with Gasteiger partial charge in [0.05, 0.1) is 21.3 Å². The molecule has 0 atom stereocenters. The highest BCUT2D eigenvalue weighted by molar-refractivity contribution is 5.92. The number of anilines is 1. The van der Waals surface area contributed by atoms with Crippen LogP contribution in [0.2, 0.25) is 0 Å². The first-order valence-electron chi connectivity index (χ1n) is 8.59. The number of ether oxygens (including phenoxy) is 3. The molecule has 0 bridgehead atoms. The molecule has 0 spiro atoms. The van der Waals surface area contributed by atoms with Gasteiger partial charge in [-0.2, -0.15) is 0 Å². The number of benzene rings is 2. The lowest BCUT2D eigenvalue weighted by atomic mass is 10.1. The van der Waals surface area contributed by atoms with E-state index in [0.717, 1.165) is 11.1 Å². The first-order valence-corrected chi connectivity index (χ1v) is 8.59. The second-order valence-corrected chi connectivity index (χ2v) is 5.89. The van der Waals surface area contributed by atoms with E-state index in [1.54, 1.807) is 24.3 Å². The summed E-state index contributed by atoms with van der Waals surface area (Å²) in [6.07, 6.45) is 3.09. The first kappa shape index (κ1) is 20.8. The molecule has 0 heterocycles. The lowest BCUT2D eigenvalue weighted by Gasteiger charge is -2.12. The summed E-state index contributed by atoms with van der Waals surface area (Å²) >= 11 is 0. The Morgan fingerprint density at radius 3 is 2.25 bits per heavy atom. The van der Waals surface area contributed by atoms with Gasteiger partial charge in [0, 0.05) is 25.2 Å². The summed E-state index contributed by atoms with van der Waals surface area (Å²) in [7, 11) is 4.60. The third-order valence-corrected chi connectivity index (χ3v) is 3.83. The first-order chi connectivity index (χ1) is 13.5. The Hall–Kier alpha value is -3.48. The molecule has 0 radical (unpaired) electrons. The summed E-state index contributed by atoms with van der Waals surface area (Å²) in [4.78, 5) is 23.3. The molecule has 2 aromatic rings. The number of amides is 2. The highest BCUT2D eigenvalue weighted by Crippen LogP contribution is 2.38. The van der Waals surface area contributed by atoms with Crippen LogP contribution >= 0.6 is 0 Å². The molecule has 2 aromatic carbocycles. The van der Waals surface area contributed by atoms with Gasteiger partial charge in [0.1, 0.15) is 0 Å². The number of carbonyl (C=O) groups is 2. The number of rotatable bonds is 8. The normalized spacial score (nSPS) is 10.4. The van der Waals surface area contributed by atoms with Crippen molar-refractivity contribution in [2.75, 3.05) is 26.6 Å². The van der Waals surface area contributed by atoms with Crippen molar-refractivity contribution in [3.05, 3.63) is 53.6 Å². The lowest BCUT2D eigenvalue weighted by molar-refractivity contribution is -0.116. The van der Waals surface area contributed by atoms with E-state index < -0.39 is 0 Å². The molecular formula is C21H24N2O5. The van der Waals surface area contributed by atoms with Crippen molar-refractivity contribution in [1.82, 2.24) is 5.32 Å². The zero-order valence-corrected chi connectivity index (χ0v) is 16.4. The Morgan fingerprint density at radius 1 is 1.00 bits per heavy atom. The molecule has 0 aliphatic carbocycles. The molecule has 2 rings (SSSR count). The van der Waals surface area contributed by atoms with E-state index in [0.29, 0.717) is 29.5 Å². The molecule has 2 amide bonds. The molecule has 0 aliphatic rings. The summed E-state index contributed by atoms with van der Waals surface area (Å²) in [6, 6.07) is 10.8. The average molecular weight is 384 g/mol. The lowest BCUT2D eigenvalue weighted by Crippen LogP contribution is -2.20. The Kier molecular flexibility index (Phi) is 7.45. The molecule has 0 saturated carbocycles. The fourth-order valence-electron chi connectivity index (χ4n) is 2.58. The minimum absolute atomic E-state index is 0.144. The second-order valence-electron chi connectivity index (χ2n) is 5.89. The predicted octanol–water partition coefficient (Wildman–Crippen LogP) is 3.00. The van der Waals surface area contributed by atoms with Crippen molar-refractivity contribution < 1.29 is 23.8 Å². The zero-order chi connectivity index (χ0) is 20.5. The summed E-state index contributed by atoms with van der Waals surface area (Å²) < 4.78 is 15.9. The number of nitrogens with one attached hydrogen (secondary N) is 2. The van der Waals surface area contributed by atoms with E-state index in [1.165, 1.54) is 34.3 Å². The van der Waals surface area contributed by atoms with Gasteiger partial charge in [-0.05, 0) is 41.5 Å². The number of carbonyl (C=O) groups excluding carboxylic acids is 2. The van der Waals surface area contributed by atoms with Crippen molar-refractivity contribution in [2.45, 2.75) is 13.5 Å². The van der Waals surface area contributed by atoms with Crippen LogP contribution in [0.1, 0.15) is 18.1 Å². The minimum atomic E-state index is -0.251. The quantitative estimate of drug-likeness (QED) is 0.684. The van der Waals surface area contributed by atoms with Crippen molar-refractivity contribution in [1.29, 1.82) is 0 Å². The molecule has 0 saturated heterocycles. The summed E-state index contributed by atoms with van der Waals surface area (Å²) in [5.74, 6) is 1.12.